The van der Waals surface area contributed by atoms with Crippen LogP contribution in [-0.2, 0) is 7.05 Å². The third-order valence-electron chi connectivity index (χ3n) is 8.71. The molecule has 11 rings (SSSR count). The van der Waals surface area contributed by atoms with Crippen LogP contribution >= 0.6 is 11.8 Å². The van der Waals surface area contributed by atoms with Crippen LogP contribution in [0.1, 0.15) is 0 Å². The number of imidazole rings is 1. The van der Waals surface area contributed by atoms with Gasteiger partial charge in [-0.25, -0.2) is 9.55 Å². The lowest BCUT2D eigenvalue weighted by atomic mass is 10.1. The lowest BCUT2D eigenvalue weighted by Gasteiger charge is -2.35. The molecule has 0 amide bonds. The van der Waals surface area contributed by atoms with E-state index in [0.29, 0.717) is 4.70 Å². The molecule has 0 N–H and O–H groups in total. The zero-order chi connectivity index (χ0) is 24.5. The molecule has 0 radical (unpaired) electrons. The van der Waals surface area contributed by atoms with Crippen LogP contribution in [0.2, 0.25) is 0 Å². The first kappa shape index (κ1) is 18.6. The summed E-state index contributed by atoms with van der Waals surface area (Å²) in [5.74, 6) is 2.88. The van der Waals surface area contributed by atoms with Crippen LogP contribution in [0.15, 0.2) is 95.0 Å². The fraction of sp³-hybridized carbons (Fsp3) is 0.0333. The van der Waals surface area contributed by atoms with E-state index >= 15 is 0 Å². The van der Waals surface area contributed by atoms with E-state index in [4.69, 9.17) is 9.72 Å². The molecule has 7 nitrogen and oxygen atoms in total. The Labute approximate surface area is 219 Å². The molecular weight excluding hydrogens is 492 g/mol. The van der Waals surface area contributed by atoms with Gasteiger partial charge in [0, 0.05) is 16.3 Å². The number of benzene rings is 3. The van der Waals surface area contributed by atoms with Crippen molar-refractivity contribution in [3.63, 3.8) is 0 Å². The van der Waals surface area contributed by atoms with E-state index in [2.05, 4.69) is 98.5 Å². The van der Waals surface area contributed by atoms with E-state index in [0.717, 1.165) is 45.4 Å². The summed E-state index contributed by atoms with van der Waals surface area (Å²) in [4.78, 5) is 7.35. The van der Waals surface area contributed by atoms with Gasteiger partial charge >= 0.3 is 17.2 Å². The molecule has 176 valence electrons. The highest BCUT2D eigenvalue weighted by molar-refractivity contribution is 7.99. The predicted octanol–water partition coefficient (Wildman–Crippen LogP) is 5.68. The largest absolute Gasteiger partial charge is 0.444 e. The van der Waals surface area contributed by atoms with Crippen molar-refractivity contribution in [2.45, 2.75) is 9.79 Å². The number of nitrogens with zero attached hydrogens (tertiary/aromatic N) is 6. The van der Waals surface area contributed by atoms with Crippen molar-refractivity contribution < 1.29 is 14.1 Å². The predicted molar refractivity (Wildman–Crippen MR) is 144 cm³/mol. The molecule has 0 bridgehead atoms. The first-order valence-corrected chi connectivity index (χ1v) is 13.5. The summed E-state index contributed by atoms with van der Waals surface area (Å²) in [6.45, 7) is 0. The second kappa shape index (κ2) is 5.60. The summed E-state index contributed by atoms with van der Waals surface area (Å²) in [7, 11) is 2.12. The molecule has 1 unspecified atom stereocenters. The zero-order valence-corrected chi connectivity index (χ0v) is 20.9. The summed E-state index contributed by atoms with van der Waals surface area (Å²) in [6, 6.07) is 26.1. The Bertz CT molecular complexity index is 2330. The summed E-state index contributed by atoms with van der Waals surface area (Å²) in [6.07, 6.45) is 4.11. The topological polar surface area (TPSA) is 39.7 Å². The van der Waals surface area contributed by atoms with Crippen LogP contribution in [0, 0.1) is 0 Å². The number of para-hydroxylation sites is 2. The Morgan fingerprint density at radius 1 is 0.868 bits per heavy atom. The SMILES string of the molecule is Cn1c2[n+](c3cccnc31)[N+]13c4c(cccc4-2)Oc2ccc4c(c21)-n1c2c(cccc2c2ccc[n+]3c21)S4. The number of rotatable bonds is 0. The van der Waals surface area contributed by atoms with Gasteiger partial charge in [-0.05, 0) is 65.3 Å². The molecule has 8 heterocycles. The van der Waals surface area contributed by atoms with Crippen molar-refractivity contribution in [1.29, 1.82) is 0 Å². The molecule has 0 saturated carbocycles. The third-order valence-corrected chi connectivity index (χ3v) is 9.81. The van der Waals surface area contributed by atoms with Gasteiger partial charge in [0.1, 0.15) is 5.56 Å². The lowest BCUT2D eigenvalue weighted by Crippen LogP contribution is -2.84. The molecule has 4 aromatic heterocycles. The Balaban J connectivity index is 1.52. The van der Waals surface area contributed by atoms with E-state index in [1.165, 1.54) is 37.4 Å². The standard InChI is InChI=1S/C30H17N6OS/c1-32-28-19(9-4-14-31-28)35-29(32)18-7-2-10-20-26(18)36(35)27-21(37-20)12-13-23-25(27)34-24-16(6-3-11-22(24)38-23)17-8-5-15-33(36)30(17)34/h2-15H,1H3/q+3. The zero-order valence-electron chi connectivity index (χ0n) is 20.1. The molecule has 0 fully saturated rings. The van der Waals surface area contributed by atoms with Crippen LogP contribution in [0.5, 0.6) is 11.5 Å². The number of hydrogen-bond donors (Lipinski definition) is 0. The number of fused-ring (bicyclic) bond motifs is 5. The van der Waals surface area contributed by atoms with Gasteiger partial charge in [0.15, 0.2) is 17.5 Å². The van der Waals surface area contributed by atoms with E-state index in [1.54, 1.807) is 0 Å². The van der Waals surface area contributed by atoms with E-state index < -0.39 is 0 Å². The molecule has 7 aromatic rings. The van der Waals surface area contributed by atoms with Gasteiger partial charge in [0.2, 0.25) is 11.4 Å². The van der Waals surface area contributed by atoms with Gasteiger partial charge in [-0.15, -0.1) is 0 Å². The molecule has 0 aliphatic carbocycles. The van der Waals surface area contributed by atoms with E-state index in [-0.39, 0.29) is 0 Å². The first-order chi connectivity index (χ1) is 18.8. The summed E-state index contributed by atoms with van der Waals surface area (Å²) in [5, 5.41) is 2.53. The van der Waals surface area contributed by atoms with Crippen LogP contribution in [0.4, 0.5) is 11.4 Å². The first-order valence-electron chi connectivity index (χ1n) is 12.7. The molecule has 1 spiro atoms. The Morgan fingerprint density at radius 3 is 2.74 bits per heavy atom. The second-order valence-corrected chi connectivity index (χ2v) is 11.4. The van der Waals surface area contributed by atoms with Gasteiger partial charge in [-0.3, -0.25) is 0 Å². The maximum Gasteiger partial charge on any atom is 0.353 e. The highest BCUT2D eigenvalue weighted by Gasteiger charge is 2.69. The highest BCUT2D eigenvalue weighted by atomic mass is 32.2. The molecular formula is C30H17N6OS+3. The van der Waals surface area contributed by atoms with Crippen molar-refractivity contribution in [1.82, 2.24) is 18.8 Å². The maximum atomic E-state index is 6.75. The van der Waals surface area contributed by atoms with Crippen LogP contribution in [0.25, 0.3) is 50.2 Å². The smallest absolute Gasteiger partial charge is 0.353 e. The van der Waals surface area contributed by atoms with Crippen molar-refractivity contribution in [2.24, 2.45) is 7.05 Å². The molecule has 0 saturated heterocycles. The number of aryl methyl sites for hydroxylation is 1. The number of hydrogen-bond acceptors (Lipinski definition) is 3. The minimum atomic E-state index is 0.367. The van der Waals surface area contributed by atoms with E-state index in [1.807, 2.05) is 24.0 Å². The van der Waals surface area contributed by atoms with Crippen LogP contribution < -0.4 is 18.8 Å². The fourth-order valence-electron chi connectivity index (χ4n) is 7.48. The maximum absolute atomic E-state index is 6.75. The molecule has 8 heteroatoms. The lowest BCUT2D eigenvalue weighted by molar-refractivity contribution is -1.01. The average Bonchev–Trinajstić information content (AvgIpc) is 3.57. The van der Waals surface area contributed by atoms with Gasteiger partial charge in [0.25, 0.3) is 16.9 Å². The van der Waals surface area contributed by atoms with Gasteiger partial charge in [-0.1, -0.05) is 23.9 Å². The normalized spacial score (nSPS) is 18.3. The number of pyridine rings is 2. The fourth-order valence-corrected chi connectivity index (χ4v) is 8.58. The molecule has 1 atom stereocenters. The second-order valence-electron chi connectivity index (χ2n) is 10.3. The van der Waals surface area contributed by atoms with Crippen molar-refractivity contribution >= 4 is 56.2 Å². The summed E-state index contributed by atoms with van der Waals surface area (Å²) < 4.78 is 16.7. The Morgan fingerprint density at radius 2 is 1.76 bits per heavy atom. The van der Waals surface area contributed by atoms with Crippen molar-refractivity contribution in [3.05, 3.63) is 85.2 Å². The summed E-state index contributed by atoms with van der Waals surface area (Å²) >= 11 is 1.85. The summed E-state index contributed by atoms with van der Waals surface area (Å²) in [5.41, 5.74) is 9.12. The minimum absolute atomic E-state index is 0.367. The van der Waals surface area contributed by atoms with E-state index in [9.17, 15) is 0 Å². The Hall–Kier alpha value is -4.66. The Kier molecular flexibility index (Phi) is 2.73. The number of quaternary nitrogens is 1. The van der Waals surface area contributed by atoms with Crippen LogP contribution in [0.3, 0.4) is 0 Å². The van der Waals surface area contributed by atoms with Gasteiger partial charge in [-0.2, -0.15) is 4.57 Å². The van der Waals surface area contributed by atoms with Crippen molar-refractivity contribution in [2.75, 3.05) is 0 Å². The monoisotopic (exact) mass is 509 g/mol. The van der Waals surface area contributed by atoms with Crippen LogP contribution in [-0.4, -0.2) is 14.1 Å². The molecule has 4 aliphatic heterocycles. The quantitative estimate of drug-likeness (QED) is 0.195. The highest BCUT2D eigenvalue weighted by Crippen LogP contribution is 2.62. The van der Waals surface area contributed by atoms with Crippen molar-refractivity contribution in [3.8, 4) is 28.6 Å². The molecule has 4 aliphatic rings. The van der Waals surface area contributed by atoms with Gasteiger partial charge < -0.3 is 4.74 Å². The third kappa shape index (κ3) is 1.62. The minimum Gasteiger partial charge on any atom is -0.444 e. The average molecular weight is 510 g/mol. The molecule has 3 aromatic carbocycles. The number of ether oxygens (including phenoxy) is 1. The number of aromatic nitrogens is 5. The molecule has 38 heavy (non-hydrogen) atoms. The van der Waals surface area contributed by atoms with Gasteiger partial charge in [0.05, 0.1) is 26.9 Å².